The van der Waals surface area contributed by atoms with Crippen molar-refractivity contribution in [3.8, 4) is 11.5 Å². The molecule has 10 nitrogen and oxygen atoms in total. The van der Waals surface area contributed by atoms with Crippen LogP contribution in [0.5, 0.6) is 0 Å². The molecule has 0 spiro atoms. The summed E-state index contributed by atoms with van der Waals surface area (Å²) in [5.74, 6) is 2.18. The van der Waals surface area contributed by atoms with Gasteiger partial charge in [-0.15, -0.1) is 10.2 Å². The van der Waals surface area contributed by atoms with Crippen molar-refractivity contribution < 1.29 is 13.7 Å². The molecule has 5 aromatic heterocycles. The fraction of sp³-hybridized carbons (Fsp3) is 0.318. The van der Waals surface area contributed by atoms with Gasteiger partial charge in [-0.1, -0.05) is 18.5 Å². The van der Waals surface area contributed by atoms with Crippen LogP contribution < -0.4 is 5.32 Å². The quantitative estimate of drug-likeness (QED) is 0.435. The van der Waals surface area contributed by atoms with E-state index in [1.807, 2.05) is 12.3 Å². The largest absolute Gasteiger partial charge is 0.461 e. The predicted molar refractivity (Wildman–Crippen MR) is 114 cm³/mol. The molecular weight excluding hydrogens is 410 g/mol. The lowest BCUT2D eigenvalue weighted by molar-refractivity contribution is 0.0928. The van der Waals surface area contributed by atoms with Crippen LogP contribution in [-0.4, -0.2) is 41.7 Å². The first kappa shape index (κ1) is 18.8. The van der Waals surface area contributed by atoms with Crippen LogP contribution >= 0.6 is 0 Å². The minimum absolute atomic E-state index is 0.0112. The van der Waals surface area contributed by atoms with Crippen LogP contribution in [0.4, 0.5) is 0 Å². The molecule has 0 unspecified atom stereocenters. The van der Waals surface area contributed by atoms with Gasteiger partial charge in [0.25, 0.3) is 5.91 Å². The Labute approximate surface area is 182 Å². The van der Waals surface area contributed by atoms with E-state index in [1.54, 1.807) is 30.7 Å². The molecular formula is C22H21N7O3. The molecule has 1 amide bonds. The summed E-state index contributed by atoms with van der Waals surface area (Å²) in [5, 5.41) is 15.9. The molecule has 1 fully saturated rings. The molecule has 1 saturated carbocycles. The van der Waals surface area contributed by atoms with Crippen LogP contribution in [0.2, 0.25) is 0 Å². The number of furan rings is 1. The van der Waals surface area contributed by atoms with E-state index in [0.29, 0.717) is 17.4 Å². The van der Waals surface area contributed by atoms with Gasteiger partial charge in [0, 0.05) is 24.2 Å². The van der Waals surface area contributed by atoms with Crippen molar-refractivity contribution >= 4 is 22.7 Å². The Kier molecular flexibility index (Phi) is 4.30. The molecule has 0 saturated heterocycles. The van der Waals surface area contributed by atoms with Gasteiger partial charge in [0.05, 0.1) is 18.0 Å². The van der Waals surface area contributed by atoms with Gasteiger partial charge in [0.1, 0.15) is 5.82 Å². The van der Waals surface area contributed by atoms with E-state index in [0.717, 1.165) is 41.9 Å². The van der Waals surface area contributed by atoms with Crippen LogP contribution in [-0.2, 0) is 0 Å². The highest BCUT2D eigenvalue weighted by atomic mass is 16.5. The number of hydrogen-bond donors (Lipinski definition) is 2. The summed E-state index contributed by atoms with van der Waals surface area (Å²) < 4.78 is 12.6. The molecule has 0 bridgehead atoms. The zero-order chi connectivity index (χ0) is 21.7. The molecule has 5 aromatic rings. The number of carbonyl (C=O) groups is 1. The van der Waals surface area contributed by atoms with Crippen molar-refractivity contribution in [2.45, 2.75) is 38.1 Å². The Balaban J connectivity index is 1.24. The van der Waals surface area contributed by atoms with Crippen LogP contribution in [0.3, 0.4) is 0 Å². The SMILES string of the molecule is CC[C@@H]1C[C@H](NC(=O)c2cc(-c3ccco3)on2)C[C@@H]1c1nnc2cnc3[nH]ccc3n12. The van der Waals surface area contributed by atoms with Gasteiger partial charge in [-0.25, -0.2) is 4.98 Å². The van der Waals surface area contributed by atoms with Gasteiger partial charge in [0.15, 0.2) is 22.7 Å². The first-order valence-electron chi connectivity index (χ1n) is 10.7. The van der Waals surface area contributed by atoms with E-state index in [-0.39, 0.29) is 23.6 Å². The van der Waals surface area contributed by atoms with E-state index in [4.69, 9.17) is 8.94 Å². The summed E-state index contributed by atoms with van der Waals surface area (Å²) >= 11 is 0. The Morgan fingerprint density at radius 3 is 3.06 bits per heavy atom. The summed E-state index contributed by atoms with van der Waals surface area (Å²) in [6, 6.07) is 7.11. The molecule has 32 heavy (non-hydrogen) atoms. The average molecular weight is 431 g/mol. The maximum atomic E-state index is 12.8. The van der Waals surface area contributed by atoms with Crippen LogP contribution in [0.25, 0.3) is 28.3 Å². The first-order valence-corrected chi connectivity index (χ1v) is 10.7. The van der Waals surface area contributed by atoms with E-state index in [9.17, 15) is 4.79 Å². The Morgan fingerprint density at radius 2 is 2.22 bits per heavy atom. The number of amides is 1. The van der Waals surface area contributed by atoms with Crippen molar-refractivity contribution in [2.75, 3.05) is 0 Å². The molecule has 0 radical (unpaired) electrons. The number of nitrogens with one attached hydrogen (secondary N) is 2. The number of H-pyrrole nitrogens is 1. The van der Waals surface area contributed by atoms with Gasteiger partial charge >= 0.3 is 0 Å². The number of aromatic amines is 1. The van der Waals surface area contributed by atoms with E-state index >= 15 is 0 Å². The van der Waals surface area contributed by atoms with Crippen molar-refractivity contribution in [3.05, 3.63) is 54.4 Å². The standard InChI is InChI=1S/C22H21N7O3/c1-2-12-8-13(25-22(30)15-10-18(32-28-15)17-4-3-7-31-17)9-14(12)21-27-26-19-11-24-20-16(29(19)21)5-6-23-20/h3-7,10-14,23H,2,8-9H2,1H3,(H,25,30)/t12-,13+,14+/m1/s1. The van der Waals surface area contributed by atoms with Crippen molar-refractivity contribution in [1.82, 2.24) is 35.0 Å². The Morgan fingerprint density at radius 1 is 1.28 bits per heavy atom. The lowest BCUT2D eigenvalue weighted by Gasteiger charge is -2.15. The van der Waals surface area contributed by atoms with E-state index in [2.05, 4.69) is 42.0 Å². The van der Waals surface area contributed by atoms with E-state index < -0.39 is 0 Å². The molecule has 2 N–H and O–H groups in total. The second kappa shape index (κ2) is 7.33. The lowest BCUT2D eigenvalue weighted by atomic mass is 9.93. The third-order valence-corrected chi connectivity index (χ3v) is 6.36. The van der Waals surface area contributed by atoms with Gasteiger partial charge < -0.3 is 19.2 Å². The van der Waals surface area contributed by atoms with Crippen molar-refractivity contribution in [2.24, 2.45) is 5.92 Å². The first-order chi connectivity index (χ1) is 15.7. The van der Waals surface area contributed by atoms with Gasteiger partial charge in [-0.2, -0.15) is 0 Å². The molecule has 1 aliphatic rings. The highest BCUT2D eigenvalue weighted by molar-refractivity contribution is 5.93. The minimum atomic E-state index is -0.254. The highest BCUT2D eigenvalue weighted by Gasteiger charge is 2.38. The summed E-state index contributed by atoms with van der Waals surface area (Å²) in [7, 11) is 0. The average Bonchev–Trinajstić information content (AvgIpc) is 3.61. The fourth-order valence-corrected chi connectivity index (χ4v) is 4.82. The van der Waals surface area contributed by atoms with E-state index in [1.165, 1.54) is 0 Å². The van der Waals surface area contributed by atoms with Crippen LogP contribution in [0, 0.1) is 5.92 Å². The molecule has 10 heteroatoms. The molecule has 3 atom stereocenters. The van der Waals surface area contributed by atoms with Gasteiger partial charge in [-0.05, 0) is 37.0 Å². The summed E-state index contributed by atoms with van der Waals surface area (Å²) in [6.07, 6.45) is 7.78. The smallest absolute Gasteiger partial charge is 0.273 e. The number of rotatable bonds is 5. The molecule has 6 rings (SSSR count). The fourth-order valence-electron chi connectivity index (χ4n) is 4.82. The zero-order valence-corrected chi connectivity index (χ0v) is 17.4. The molecule has 5 heterocycles. The number of aromatic nitrogens is 6. The molecule has 162 valence electrons. The normalized spacial score (nSPS) is 21.0. The zero-order valence-electron chi connectivity index (χ0n) is 17.4. The third-order valence-electron chi connectivity index (χ3n) is 6.36. The van der Waals surface area contributed by atoms with Gasteiger partial charge in [-0.3, -0.25) is 9.20 Å². The number of hydrogen-bond acceptors (Lipinski definition) is 7. The lowest BCUT2D eigenvalue weighted by Crippen LogP contribution is -2.33. The summed E-state index contributed by atoms with van der Waals surface area (Å²) in [6.45, 7) is 2.17. The van der Waals surface area contributed by atoms with Gasteiger partial charge in [0.2, 0.25) is 5.76 Å². The second-order valence-electron chi connectivity index (χ2n) is 8.19. The minimum Gasteiger partial charge on any atom is -0.461 e. The van der Waals surface area contributed by atoms with Crippen LogP contribution in [0.15, 0.2) is 51.9 Å². The molecule has 1 aliphatic carbocycles. The number of nitrogens with zero attached hydrogens (tertiary/aromatic N) is 5. The van der Waals surface area contributed by atoms with Crippen molar-refractivity contribution in [1.29, 1.82) is 0 Å². The summed E-state index contributed by atoms with van der Waals surface area (Å²) in [5.41, 5.74) is 2.72. The summed E-state index contributed by atoms with van der Waals surface area (Å²) in [4.78, 5) is 20.4. The Hall–Kier alpha value is -3.95. The monoisotopic (exact) mass is 431 g/mol. The number of carbonyl (C=O) groups excluding carboxylic acids is 1. The second-order valence-corrected chi connectivity index (χ2v) is 8.19. The third kappa shape index (κ3) is 2.98. The maximum absolute atomic E-state index is 12.8. The topological polar surface area (TPSA) is 127 Å². The van der Waals surface area contributed by atoms with Crippen LogP contribution in [0.1, 0.15) is 48.4 Å². The highest BCUT2D eigenvalue weighted by Crippen LogP contribution is 2.41. The Bertz CT molecular complexity index is 1400. The number of fused-ring (bicyclic) bond motifs is 3. The molecule has 0 aromatic carbocycles. The van der Waals surface area contributed by atoms with Crippen molar-refractivity contribution in [3.63, 3.8) is 0 Å². The predicted octanol–water partition coefficient (Wildman–Crippen LogP) is 3.56. The molecule has 0 aliphatic heterocycles. The maximum Gasteiger partial charge on any atom is 0.273 e.